The molecule has 1 rings (SSSR count). The van der Waals surface area contributed by atoms with E-state index in [1.807, 2.05) is 12.1 Å². The Balaban J connectivity index is 2.79. The SMILES string of the molecule is CCOC(=O)C(CCC#N)c1ccccn1. The molecule has 0 aromatic carbocycles. The average molecular weight is 218 g/mol. The van der Waals surface area contributed by atoms with E-state index in [4.69, 9.17) is 10.00 Å². The molecule has 1 aromatic heterocycles. The van der Waals surface area contributed by atoms with Crippen LogP contribution in [0.15, 0.2) is 24.4 Å². The number of hydrogen-bond donors (Lipinski definition) is 0. The first-order valence-corrected chi connectivity index (χ1v) is 5.24. The Bertz CT molecular complexity index is 370. The zero-order valence-electron chi connectivity index (χ0n) is 9.22. The molecule has 0 aliphatic rings. The van der Waals surface area contributed by atoms with Crippen molar-refractivity contribution in [1.29, 1.82) is 5.26 Å². The van der Waals surface area contributed by atoms with Gasteiger partial charge in [-0.25, -0.2) is 0 Å². The summed E-state index contributed by atoms with van der Waals surface area (Å²) in [5.41, 5.74) is 0.663. The number of carbonyl (C=O) groups excluding carboxylic acids is 1. The van der Waals surface area contributed by atoms with E-state index in [-0.39, 0.29) is 5.97 Å². The highest BCUT2D eigenvalue weighted by Crippen LogP contribution is 2.20. The Morgan fingerprint density at radius 3 is 3.00 bits per heavy atom. The van der Waals surface area contributed by atoms with Crippen molar-refractivity contribution in [3.8, 4) is 6.07 Å². The third-order valence-corrected chi connectivity index (χ3v) is 2.16. The second kappa shape index (κ2) is 6.57. The highest BCUT2D eigenvalue weighted by atomic mass is 16.5. The highest BCUT2D eigenvalue weighted by Gasteiger charge is 2.22. The van der Waals surface area contributed by atoms with Crippen LogP contribution in [0.5, 0.6) is 0 Å². The molecule has 84 valence electrons. The van der Waals surface area contributed by atoms with Crippen LogP contribution in [0.4, 0.5) is 0 Å². The van der Waals surface area contributed by atoms with Crippen molar-refractivity contribution in [2.75, 3.05) is 6.61 Å². The summed E-state index contributed by atoms with van der Waals surface area (Å²) in [6.07, 6.45) is 2.40. The molecule has 4 heteroatoms. The van der Waals surface area contributed by atoms with Crippen LogP contribution in [0.25, 0.3) is 0 Å². The van der Waals surface area contributed by atoms with Gasteiger partial charge < -0.3 is 4.74 Å². The second-order valence-corrected chi connectivity index (χ2v) is 3.26. The first kappa shape index (κ1) is 12.2. The summed E-state index contributed by atoms with van der Waals surface area (Å²) < 4.78 is 4.97. The van der Waals surface area contributed by atoms with Crippen molar-refractivity contribution >= 4 is 5.97 Å². The second-order valence-electron chi connectivity index (χ2n) is 3.26. The van der Waals surface area contributed by atoms with Gasteiger partial charge in [0.15, 0.2) is 0 Å². The minimum Gasteiger partial charge on any atom is -0.465 e. The van der Waals surface area contributed by atoms with E-state index in [0.717, 1.165) is 0 Å². The van der Waals surface area contributed by atoms with Gasteiger partial charge in [-0.1, -0.05) is 6.07 Å². The van der Waals surface area contributed by atoms with Crippen LogP contribution >= 0.6 is 0 Å². The molecule has 4 nitrogen and oxygen atoms in total. The van der Waals surface area contributed by atoms with Gasteiger partial charge >= 0.3 is 5.97 Å². The fourth-order valence-corrected chi connectivity index (χ4v) is 1.42. The third kappa shape index (κ3) is 3.35. The molecule has 1 aromatic rings. The van der Waals surface area contributed by atoms with E-state index in [0.29, 0.717) is 25.1 Å². The first-order valence-electron chi connectivity index (χ1n) is 5.24. The smallest absolute Gasteiger partial charge is 0.315 e. The summed E-state index contributed by atoms with van der Waals surface area (Å²) in [6, 6.07) is 7.41. The lowest BCUT2D eigenvalue weighted by Crippen LogP contribution is -2.17. The van der Waals surface area contributed by atoms with E-state index < -0.39 is 5.92 Å². The van der Waals surface area contributed by atoms with Gasteiger partial charge in [-0.2, -0.15) is 5.26 Å². The molecular formula is C12H14N2O2. The van der Waals surface area contributed by atoms with Crippen molar-refractivity contribution in [2.45, 2.75) is 25.7 Å². The molecule has 0 saturated carbocycles. The molecule has 0 radical (unpaired) electrons. The largest absolute Gasteiger partial charge is 0.465 e. The molecule has 0 bridgehead atoms. The number of nitriles is 1. The fraction of sp³-hybridized carbons (Fsp3) is 0.417. The molecule has 0 spiro atoms. The minimum absolute atomic E-state index is 0.309. The zero-order chi connectivity index (χ0) is 11.8. The fourth-order valence-electron chi connectivity index (χ4n) is 1.42. The van der Waals surface area contributed by atoms with Gasteiger partial charge in [0.2, 0.25) is 0 Å². The van der Waals surface area contributed by atoms with Crippen LogP contribution in [0.1, 0.15) is 31.4 Å². The number of hydrogen-bond acceptors (Lipinski definition) is 4. The van der Waals surface area contributed by atoms with E-state index in [9.17, 15) is 4.79 Å². The number of rotatable bonds is 5. The molecule has 0 fully saturated rings. The number of aromatic nitrogens is 1. The maximum absolute atomic E-state index is 11.7. The van der Waals surface area contributed by atoms with E-state index in [1.165, 1.54) is 0 Å². The third-order valence-electron chi connectivity index (χ3n) is 2.16. The molecule has 0 aliphatic heterocycles. The number of ether oxygens (including phenoxy) is 1. The van der Waals surface area contributed by atoms with Crippen molar-refractivity contribution < 1.29 is 9.53 Å². The molecule has 1 atom stereocenters. The van der Waals surface area contributed by atoms with Crippen LogP contribution in [0, 0.1) is 11.3 Å². The number of nitrogens with zero attached hydrogens (tertiary/aromatic N) is 2. The van der Waals surface area contributed by atoms with Crippen LogP contribution in [-0.2, 0) is 9.53 Å². The van der Waals surface area contributed by atoms with Gasteiger partial charge in [-0.15, -0.1) is 0 Å². The Kier molecular flexibility index (Phi) is 5.00. The standard InChI is InChI=1S/C12H14N2O2/c1-2-16-12(15)10(6-5-8-13)11-7-3-4-9-14-11/h3-4,7,9-10H,2,5-6H2,1H3. The van der Waals surface area contributed by atoms with Gasteiger partial charge in [0, 0.05) is 12.6 Å². The Hall–Kier alpha value is -1.89. The predicted octanol–water partition coefficient (Wildman–Crippen LogP) is 2.03. The summed E-state index contributed by atoms with van der Waals surface area (Å²) >= 11 is 0. The van der Waals surface area contributed by atoms with Crippen LogP contribution < -0.4 is 0 Å². The normalized spacial score (nSPS) is 11.5. The molecule has 0 saturated heterocycles. The summed E-state index contributed by atoms with van der Waals surface area (Å²) in [4.78, 5) is 15.8. The molecule has 0 N–H and O–H groups in total. The summed E-state index contributed by atoms with van der Waals surface area (Å²) in [5.74, 6) is -0.739. The van der Waals surface area contributed by atoms with Gasteiger partial charge in [-0.3, -0.25) is 9.78 Å². The van der Waals surface area contributed by atoms with Crippen molar-refractivity contribution in [1.82, 2.24) is 4.98 Å². The van der Waals surface area contributed by atoms with Crippen LogP contribution in [-0.4, -0.2) is 17.6 Å². The maximum Gasteiger partial charge on any atom is 0.315 e. The Labute approximate surface area is 94.9 Å². The molecule has 1 heterocycles. The van der Waals surface area contributed by atoms with Crippen LogP contribution in [0.3, 0.4) is 0 Å². The highest BCUT2D eigenvalue weighted by molar-refractivity contribution is 5.77. The van der Waals surface area contributed by atoms with Gasteiger partial charge in [0.25, 0.3) is 0 Å². The predicted molar refractivity (Wildman–Crippen MR) is 58.5 cm³/mol. The monoisotopic (exact) mass is 218 g/mol. The molecule has 1 unspecified atom stereocenters. The zero-order valence-corrected chi connectivity index (χ0v) is 9.22. The topological polar surface area (TPSA) is 63.0 Å². The summed E-state index contributed by atoms with van der Waals surface area (Å²) in [6.45, 7) is 2.10. The van der Waals surface area contributed by atoms with Crippen molar-refractivity contribution in [3.63, 3.8) is 0 Å². The number of esters is 1. The molecule has 0 amide bonds. The lowest BCUT2D eigenvalue weighted by atomic mass is 9.99. The molecular weight excluding hydrogens is 204 g/mol. The lowest BCUT2D eigenvalue weighted by Gasteiger charge is -2.13. The minimum atomic E-state index is -0.430. The van der Waals surface area contributed by atoms with Gasteiger partial charge in [0.1, 0.15) is 0 Å². The maximum atomic E-state index is 11.7. The van der Waals surface area contributed by atoms with E-state index in [1.54, 1.807) is 25.3 Å². The Morgan fingerprint density at radius 1 is 1.62 bits per heavy atom. The molecule has 16 heavy (non-hydrogen) atoms. The number of pyridine rings is 1. The van der Waals surface area contributed by atoms with E-state index >= 15 is 0 Å². The Morgan fingerprint density at radius 2 is 2.44 bits per heavy atom. The van der Waals surface area contributed by atoms with Crippen molar-refractivity contribution in [2.24, 2.45) is 0 Å². The molecule has 0 aliphatic carbocycles. The van der Waals surface area contributed by atoms with Crippen LogP contribution in [0.2, 0.25) is 0 Å². The first-order chi connectivity index (χ1) is 7.79. The van der Waals surface area contributed by atoms with Gasteiger partial charge in [-0.05, 0) is 25.5 Å². The van der Waals surface area contributed by atoms with E-state index in [2.05, 4.69) is 4.98 Å². The summed E-state index contributed by atoms with van der Waals surface area (Å²) in [7, 11) is 0. The van der Waals surface area contributed by atoms with Gasteiger partial charge in [0.05, 0.1) is 24.3 Å². The number of carbonyl (C=O) groups is 1. The lowest BCUT2D eigenvalue weighted by molar-refractivity contribution is -0.145. The average Bonchev–Trinajstić information content (AvgIpc) is 2.31. The summed E-state index contributed by atoms with van der Waals surface area (Å²) in [5, 5.41) is 8.55. The van der Waals surface area contributed by atoms with Crippen molar-refractivity contribution in [3.05, 3.63) is 30.1 Å². The quantitative estimate of drug-likeness (QED) is 0.709.